The van der Waals surface area contributed by atoms with Gasteiger partial charge in [-0.25, -0.2) is 0 Å². The van der Waals surface area contributed by atoms with E-state index in [9.17, 15) is 4.79 Å². The van der Waals surface area contributed by atoms with Crippen molar-refractivity contribution < 1.29 is 4.79 Å². The first-order chi connectivity index (χ1) is 14.2. The van der Waals surface area contributed by atoms with Crippen LogP contribution in [0.1, 0.15) is 16.1 Å². The molecular formula is C24H15ClN2OSe. The topological polar surface area (TPSA) is 34.4 Å². The molecular weight excluding hydrogens is 447 g/mol. The standard InChI is InChI=1S/C24H15ClN2OSe/c25-19-13-11-17(12-14-19)22(28)20-15-27-21(16-7-3-1-4-8-16)23(29-24(27)26-20)18-9-5-2-6-10-18/h1-15H. The molecule has 0 atom stereocenters. The van der Waals surface area contributed by atoms with E-state index in [0.29, 0.717) is 16.3 Å². The molecule has 5 rings (SSSR count). The Balaban J connectivity index is 1.68. The zero-order chi connectivity index (χ0) is 19.8. The van der Waals surface area contributed by atoms with Crippen molar-refractivity contribution in [3.8, 4) is 21.3 Å². The molecule has 0 N–H and O–H groups in total. The van der Waals surface area contributed by atoms with E-state index in [0.717, 1.165) is 15.8 Å². The molecule has 5 heteroatoms. The Labute approximate surface area is 179 Å². The molecule has 3 nitrogen and oxygen atoms in total. The zero-order valence-electron chi connectivity index (χ0n) is 15.2. The van der Waals surface area contributed by atoms with Crippen LogP contribution < -0.4 is 0 Å². The van der Waals surface area contributed by atoms with Crippen molar-refractivity contribution >= 4 is 36.4 Å². The molecule has 29 heavy (non-hydrogen) atoms. The zero-order valence-corrected chi connectivity index (χ0v) is 17.7. The Morgan fingerprint density at radius 1 is 0.828 bits per heavy atom. The number of aromatic nitrogens is 2. The summed E-state index contributed by atoms with van der Waals surface area (Å²) in [6, 6.07) is 27.6. The normalized spacial score (nSPS) is 11.1. The first kappa shape index (κ1) is 18.1. The number of nitrogens with zero attached hydrogens (tertiary/aromatic N) is 2. The summed E-state index contributed by atoms with van der Waals surface area (Å²) in [5.74, 6) is -0.0898. The Morgan fingerprint density at radius 3 is 2.10 bits per heavy atom. The number of ketones is 1. The molecule has 2 heterocycles. The van der Waals surface area contributed by atoms with Crippen LogP contribution in [0, 0.1) is 0 Å². The number of rotatable bonds is 4. The molecule has 0 fully saturated rings. The number of hydrogen-bond acceptors (Lipinski definition) is 2. The van der Waals surface area contributed by atoms with Crippen LogP contribution in [-0.2, 0) is 0 Å². The van der Waals surface area contributed by atoms with Gasteiger partial charge < -0.3 is 0 Å². The first-order valence-electron chi connectivity index (χ1n) is 9.14. The summed E-state index contributed by atoms with van der Waals surface area (Å²) in [6.07, 6.45) is 1.87. The summed E-state index contributed by atoms with van der Waals surface area (Å²) >= 11 is 5.95. The predicted molar refractivity (Wildman–Crippen MR) is 118 cm³/mol. The Kier molecular flexibility index (Phi) is 4.68. The van der Waals surface area contributed by atoms with Gasteiger partial charge in [0.15, 0.2) is 0 Å². The van der Waals surface area contributed by atoms with Crippen LogP contribution in [0.4, 0.5) is 0 Å². The SMILES string of the molecule is O=C(c1ccc(Cl)cc1)c1cn2c(-c3ccccc3)c(-c3ccccc3)[se]c2n1. The third-order valence-electron chi connectivity index (χ3n) is 4.75. The molecule has 0 aliphatic carbocycles. The molecule has 0 spiro atoms. The van der Waals surface area contributed by atoms with Crippen LogP contribution in [0.5, 0.6) is 0 Å². The summed E-state index contributed by atoms with van der Waals surface area (Å²) in [5, 5.41) is 0.610. The van der Waals surface area contributed by atoms with Crippen LogP contribution in [0.15, 0.2) is 91.1 Å². The number of carbonyl (C=O) groups is 1. The maximum atomic E-state index is 12.9. The fraction of sp³-hybridized carbons (Fsp3) is 0. The average molecular weight is 462 g/mol. The second-order valence-corrected chi connectivity index (χ2v) is 9.11. The molecule has 0 amide bonds. The van der Waals surface area contributed by atoms with E-state index in [1.54, 1.807) is 24.3 Å². The molecule has 0 radical (unpaired) electrons. The second-order valence-electron chi connectivity index (χ2n) is 6.63. The van der Waals surface area contributed by atoms with Crippen molar-refractivity contribution in [2.75, 3.05) is 0 Å². The van der Waals surface area contributed by atoms with E-state index in [1.165, 1.54) is 10.0 Å². The summed E-state index contributed by atoms with van der Waals surface area (Å²) in [7, 11) is 0. The molecule has 0 saturated carbocycles. The van der Waals surface area contributed by atoms with Crippen molar-refractivity contribution in [2.45, 2.75) is 0 Å². The second kappa shape index (κ2) is 7.49. The number of imidazole rings is 1. The monoisotopic (exact) mass is 462 g/mol. The quantitative estimate of drug-likeness (QED) is 0.257. The van der Waals surface area contributed by atoms with Crippen molar-refractivity contribution in [1.82, 2.24) is 9.38 Å². The summed E-state index contributed by atoms with van der Waals surface area (Å²) in [4.78, 5) is 17.6. The fourth-order valence-electron chi connectivity index (χ4n) is 3.35. The maximum absolute atomic E-state index is 12.9. The van der Waals surface area contributed by atoms with Gasteiger partial charge in [0.25, 0.3) is 0 Å². The van der Waals surface area contributed by atoms with Gasteiger partial charge in [-0.3, -0.25) is 0 Å². The summed E-state index contributed by atoms with van der Waals surface area (Å²) in [5.41, 5.74) is 4.48. The fourth-order valence-corrected chi connectivity index (χ4v) is 5.86. The third kappa shape index (κ3) is 3.36. The number of hydrogen-bond donors (Lipinski definition) is 0. The third-order valence-corrected chi connectivity index (χ3v) is 7.31. The van der Waals surface area contributed by atoms with E-state index >= 15 is 0 Å². The minimum absolute atomic E-state index is 0.00501. The van der Waals surface area contributed by atoms with Crippen LogP contribution in [0.2, 0.25) is 5.02 Å². The Morgan fingerprint density at radius 2 is 1.45 bits per heavy atom. The molecule has 0 saturated heterocycles. The van der Waals surface area contributed by atoms with Gasteiger partial charge in [-0.15, -0.1) is 0 Å². The molecule has 0 aliphatic rings. The summed E-state index contributed by atoms with van der Waals surface area (Å²) in [6.45, 7) is 0. The molecule has 5 aromatic rings. The van der Waals surface area contributed by atoms with Crippen molar-refractivity contribution in [2.24, 2.45) is 0 Å². The predicted octanol–water partition coefficient (Wildman–Crippen LogP) is 5.61. The number of carbonyl (C=O) groups excluding carboxylic acids is 1. The molecule has 140 valence electrons. The van der Waals surface area contributed by atoms with Gasteiger partial charge in [0.1, 0.15) is 0 Å². The molecule has 0 bridgehead atoms. The van der Waals surface area contributed by atoms with E-state index in [-0.39, 0.29) is 20.3 Å². The first-order valence-corrected chi connectivity index (χ1v) is 11.2. The van der Waals surface area contributed by atoms with E-state index in [4.69, 9.17) is 16.6 Å². The molecule has 0 unspecified atom stereocenters. The van der Waals surface area contributed by atoms with Gasteiger partial charge in [-0.2, -0.15) is 0 Å². The number of fused-ring (bicyclic) bond motifs is 1. The van der Waals surface area contributed by atoms with Gasteiger partial charge in [-0.1, -0.05) is 0 Å². The van der Waals surface area contributed by atoms with Crippen molar-refractivity contribution in [3.63, 3.8) is 0 Å². The van der Waals surface area contributed by atoms with E-state index in [1.807, 2.05) is 30.5 Å². The van der Waals surface area contributed by atoms with Crippen molar-refractivity contribution in [3.05, 3.63) is 107 Å². The van der Waals surface area contributed by atoms with Crippen LogP contribution in [0.25, 0.3) is 25.8 Å². The van der Waals surface area contributed by atoms with Gasteiger partial charge in [0.2, 0.25) is 0 Å². The Hall–Kier alpha value is -2.91. The molecule has 3 aromatic carbocycles. The van der Waals surface area contributed by atoms with Crippen molar-refractivity contribution in [1.29, 1.82) is 0 Å². The van der Waals surface area contributed by atoms with E-state index < -0.39 is 0 Å². The minimum atomic E-state index is -0.0898. The van der Waals surface area contributed by atoms with Gasteiger partial charge in [0.05, 0.1) is 0 Å². The number of benzene rings is 3. The average Bonchev–Trinajstić information content (AvgIpc) is 3.33. The van der Waals surface area contributed by atoms with Gasteiger partial charge >= 0.3 is 179 Å². The number of halogens is 1. The Bertz CT molecular complexity index is 1310. The summed E-state index contributed by atoms with van der Waals surface area (Å²) < 4.78 is 4.30. The van der Waals surface area contributed by atoms with Crippen LogP contribution >= 0.6 is 11.6 Å². The van der Waals surface area contributed by atoms with Gasteiger partial charge in [0, 0.05) is 0 Å². The van der Waals surface area contributed by atoms with Crippen LogP contribution in [-0.4, -0.2) is 29.7 Å². The van der Waals surface area contributed by atoms with Crippen LogP contribution in [0.3, 0.4) is 0 Å². The molecule has 0 aliphatic heterocycles. The van der Waals surface area contributed by atoms with E-state index in [2.05, 4.69) is 40.8 Å². The van der Waals surface area contributed by atoms with Gasteiger partial charge in [-0.05, 0) is 0 Å². The molecule has 2 aromatic heterocycles.